The van der Waals surface area contributed by atoms with E-state index in [9.17, 15) is 9.90 Å². The zero-order valence-corrected chi connectivity index (χ0v) is 19.8. The number of morpholine rings is 1. The van der Waals surface area contributed by atoms with Crippen molar-refractivity contribution < 1.29 is 9.84 Å². The number of benzene rings is 1. The number of hydrogen-bond donors (Lipinski definition) is 4. The molecule has 1 saturated heterocycles. The van der Waals surface area contributed by atoms with E-state index in [0.717, 1.165) is 45.1 Å². The van der Waals surface area contributed by atoms with Crippen molar-refractivity contribution in [3.8, 4) is 5.88 Å². The number of imidazole rings is 1. The second kappa shape index (κ2) is 9.59. The van der Waals surface area contributed by atoms with Crippen LogP contribution in [0.15, 0.2) is 46.3 Å². The van der Waals surface area contributed by atoms with E-state index in [0.29, 0.717) is 28.1 Å². The van der Waals surface area contributed by atoms with Gasteiger partial charge in [-0.1, -0.05) is 12.1 Å². The van der Waals surface area contributed by atoms with Crippen molar-refractivity contribution in [2.24, 2.45) is 10.9 Å². The molecular formula is C25H28N8O3. The summed E-state index contributed by atoms with van der Waals surface area (Å²) in [6.45, 7) is 5.03. The quantitative estimate of drug-likeness (QED) is 0.303. The Morgan fingerprint density at radius 3 is 2.86 bits per heavy atom. The highest BCUT2D eigenvalue weighted by Gasteiger charge is 2.20. The topological polar surface area (TPSA) is 136 Å². The Morgan fingerprint density at radius 1 is 1.22 bits per heavy atom. The highest BCUT2D eigenvalue weighted by atomic mass is 16.5. The zero-order valence-electron chi connectivity index (χ0n) is 19.8. The molecule has 1 aliphatic heterocycles. The largest absolute Gasteiger partial charge is 0.493 e. The van der Waals surface area contributed by atoms with Gasteiger partial charge in [-0.15, -0.1) is 0 Å². The highest BCUT2D eigenvalue weighted by Crippen LogP contribution is 2.28. The molecule has 1 aliphatic carbocycles. The van der Waals surface area contributed by atoms with Crippen LogP contribution in [0.2, 0.25) is 0 Å². The Kier molecular flexibility index (Phi) is 5.99. The normalized spacial score (nSPS) is 17.8. The molecule has 11 nitrogen and oxygen atoms in total. The van der Waals surface area contributed by atoms with E-state index in [1.165, 1.54) is 18.4 Å². The number of aromatic nitrogens is 5. The van der Waals surface area contributed by atoms with Crippen LogP contribution in [-0.2, 0) is 11.3 Å². The molecule has 0 radical (unpaired) electrons. The molecule has 4 N–H and O–H groups in total. The summed E-state index contributed by atoms with van der Waals surface area (Å²) < 4.78 is 7.15. The molecule has 36 heavy (non-hydrogen) atoms. The molecule has 0 spiro atoms. The van der Waals surface area contributed by atoms with Crippen molar-refractivity contribution in [2.75, 3.05) is 38.2 Å². The number of aromatic amines is 2. The van der Waals surface area contributed by atoms with Gasteiger partial charge in [0.2, 0.25) is 5.88 Å². The van der Waals surface area contributed by atoms with Crippen molar-refractivity contribution in [3.05, 3.63) is 69.0 Å². The number of H-pyrrole nitrogens is 2. The summed E-state index contributed by atoms with van der Waals surface area (Å²) in [5.74, 6) is 1.04. The summed E-state index contributed by atoms with van der Waals surface area (Å²) in [6, 6.07) is 10.2. The van der Waals surface area contributed by atoms with E-state index in [-0.39, 0.29) is 11.6 Å². The summed E-state index contributed by atoms with van der Waals surface area (Å²) in [6.07, 6.45) is 5.70. The molecule has 0 amide bonds. The number of nitrogens with one attached hydrogen (secondary N) is 3. The lowest BCUT2D eigenvalue weighted by Crippen LogP contribution is -2.35. The van der Waals surface area contributed by atoms with Crippen LogP contribution in [0, 0.1) is 5.92 Å². The van der Waals surface area contributed by atoms with E-state index in [4.69, 9.17) is 14.7 Å². The summed E-state index contributed by atoms with van der Waals surface area (Å²) >= 11 is 0. The van der Waals surface area contributed by atoms with Crippen molar-refractivity contribution in [1.29, 1.82) is 0 Å². The molecule has 6 rings (SSSR count). The maximum Gasteiger partial charge on any atom is 0.326 e. The maximum atomic E-state index is 11.6. The van der Waals surface area contributed by atoms with E-state index in [2.05, 4.69) is 37.4 Å². The van der Waals surface area contributed by atoms with Gasteiger partial charge in [-0.3, -0.25) is 14.9 Å². The lowest BCUT2D eigenvalue weighted by Gasteiger charge is -2.26. The second-order valence-corrected chi connectivity index (χ2v) is 9.32. The second-order valence-electron chi connectivity index (χ2n) is 9.32. The number of ether oxygens (including phenoxy) is 1. The molecule has 11 heteroatoms. The molecule has 2 fully saturated rings. The Hall–Kier alpha value is -3.96. The van der Waals surface area contributed by atoms with Crippen LogP contribution in [0.3, 0.4) is 0 Å². The molecule has 3 aromatic heterocycles. The van der Waals surface area contributed by atoms with Crippen molar-refractivity contribution >= 4 is 23.2 Å². The number of nitrogens with zero attached hydrogens (tertiary/aromatic N) is 5. The first-order valence-electron chi connectivity index (χ1n) is 12.2. The van der Waals surface area contributed by atoms with Crippen LogP contribution in [0.5, 0.6) is 5.88 Å². The standard InChI is InChI=1S/C25H28N8O3/c34-24-20(29-25(35)31-24)11-18-14-27-33-22(26-13-16-4-5-16)12-21(30-23(18)33)28-19-3-1-2-17(10-19)15-32-6-8-36-9-7-32/h1-3,10-12,14,16,28,34H,4-9,13,15H2,(H2,29,31,35)/b18-11+,26-22?. The van der Waals surface area contributed by atoms with E-state index in [1.54, 1.807) is 16.8 Å². The lowest BCUT2D eigenvalue weighted by molar-refractivity contribution is 0.0342. The fourth-order valence-electron chi connectivity index (χ4n) is 4.33. The summed E-state index contributed by atoms with van der Waals surface area (Å²) in [5.41, 5.74) is 3.20. The molecule has 4 heterocycles. The zero-order chi connectivity index (χ0) is 24.5. The minimum Gasteiger partial charge on any atom is -0.493 e. The molecule has 1 saturated carbocycles. The third-order valence-electron chi connectivity index (χ3n) is 6.43. The van der Waals surface area contributed by atoms with Gasteiger partial charge in [0.1, 0.15) is 11.5 Å². The van der Waals surface area contributed by atoms with Crippen LogP contribution < -0.4 is 21.7 Å². The number of rotatable bonds is 7. The fraction of sp³-hybridized carbons (Fsp3) is 0.360. The van der Waals surface area contributed by atoms with E-state index in [1.807, 2.05) is 18.2 Å². The minimum absolute atomic E-state index is 0.232. The Morgan fingerprint density at radius 2 is 2.08 bits per heavy atom. The summed E-state index contributed by atoms with van der Waals surface area (Å²) in [4.78, 5) is 28.5. The van der Waals surface area contributed by atoms with Crippen LogP contribution in [0.4, 0.5) is 11.5 Å². The fourth-order valence-corrected chi connectivity index (χ4v) is 4.33. The van der Waals surface area contributed by atoms with Gasteiger partial charge in [0, 0.05) is 43.2 Å². The van der Waals surface area contributed by atoms with Crippen LogP contribution in [0.25, 0.3) is 11.7 Å². The van der Waals surface area contributed by atoms with Crippen molar-refractivity contribution in [1.82, 2.24) is 29.5 Å². The predicted molar refractivity (Wildman–Crippen MR) is 134 cm³/mol. The third-order valence-corrected chi connectivity index (χ3v) is 6.43. The van der Waals surface area contributed by atoms with Gasteiger partial charge < -0.3 is 20.1 Å². The lowest BCUT2D eigenvalue weighted by atomic mass is 10.2. The van der Waals surface area contributed by atoms with Gasteiger partial charge >= 0.3 is 5.69 Å². The van der Waals surface area contributed by atoms with Crippen molar-refractivity contribution in [3.63, 3.8) is 0 Å². The summed E-state index contributed by atoms with van der Waals surface area (Å²) in [5, 5.41) is 18.6. The average molecular weight is 489 g/mol. The number of fused-ring (bicyclic) bond motifs is 1. The van der Waals surface area contributed by atoms with Crippen LogP contribution >= 0.6 is 0 Å². The summed E-state index contributed by atoms with van der Waals surface area (Å²) in [7, 11) is 0. The highest BCUT2D eigenvalue weighted by molar-refractivity contribution is 5.61. The Labute approximate surface area is 206 Å². The average Bonchev–Trinajstić information content (AvgIpc) is 3.54. The van der Waals surface area contributed by atoms with Gasteiger partial charge in [-0.05, 0) is 42.5 Å². The van der Waals surface area contributed by atoms with E-state index < -0.39 is 5.69 Å². The van der Waals surface area contributed by atoms with Crippen LogP contribution in [-0.4, -0.2) is 67.4 Å². The van der Waals surface area contributed by atoms with Gasteiger partial charge in [0.15, 0.2) is 11.1 Å². The first-order chi connectivity index (χ1) is 17.6. The molecule has 4 aromatic rings. The Balaban J connectivity index is 1.36. The SMILES string of the molecule is O=c1[nH]c(O)c(/C=c2\cnn3c(=NCC4CC4)cc(Nc4cccc(CN5CCOCC5)c4)nc23)[nH]1. The third kappa shape index (κ3) is 5.02. The number of anilines is 2. The molecular weight excluding hydrogens is 460 g/mol. The van der Waals surface area contributed by atoms with E-state index >= 15 is 0 Å². The molecule has 0 unspecified atom stereocenters. The van der Waals surface area contributed by atoms with Gasteiger partial charge in [-0.25, -0.2) is 9.78 Å². The number of hydrogen-bond acceptors (Lipinski definition) is 8. The van der Waals surface area contributed by atoms with Crippen molar-refractivity contribution in [2.45, 2.75) is 19.4 Å². The Bertz CT molecular complexity index is 1560. The first-order valence-corrected chi connectivity index (χ1v) is 12.2. The van der Waals surface area contributed by atoms with Gasteiger partial charge in [0.25, 0.3) is 0 Å². The monoisotopic (exact) mass is 488 g/mol. The first kappa shape index (κ1) is 22.5. The van der Waals surface area contributed by atoms with Gasteiger partial charge in [-0.2, -0.15) is 9.61 Å². The molecule has 2 aliphatic rings. The smallest absolute Gasteiger partial charge is 0.326 e. The molecule has 186 valence electrons. The predicted octanol–water partition coefficient (Wildman–Crippen LogP) is 0.886. The minimum atomic E-state index is -0.484. The number of aromatic hydroxyl groups is 1. The van der Waals surface area contributed by atoms with Gasteiger partial charge in [0.05, 0.1) is 19.4 Å². The molecule has 0 atom stereocenters. The molecule has 0 bridgehead atoms. The van der Waals surface area contributed by atoms with Crippen LogP contribution in [0.1, 0.15) is 24.1 Å². The molecule has 1 aromatic carbocycles. The maximum absolute atomic E-state index is 11.6.